The van der Waals surface area contributed by atoms with Crippen LogP contribution in [0.1, 0.15) is 38.3 Å². The van der Waals surface area contributed by atoms with Gasteiger partial charge in [-0.15, -0.1) is 0 Å². The first-order valence-electron chi connectivity index (χ1n) is 9.17. The van der Waals surface area contributed by atoms with Crippen LogP contribution in [0.3, 0.4) is 0 Å². The number of ether oxygens (including phenoxy) is 1. The largest absolute Gasteiger partial charge is 0.494 e. The first-order chi connectivity index (χ1) is 13.0. The molecule has 0 saturated carbocycles. The third kappa shape index (κ3) is 4.21. The van der Waals surface area contributed by atoms with Crippen LogP contribution in [0, 0.1) is 0 Å². The van der Waals surface area contributed by atoms with E-state index in [4.69, 9.17) is 9.72 Å². The quantitative estimate of drug-likeness (QED) is 0.401. The Kier molecular flexibility index (Phi) is 6.26. The summed E-state index contributed by atoms with van der Waals surface area (Å²) in [6, 6.07) is 11.4. The van der Waals surface area contributed by atoms with E-state index in [9.17, 15) is 4.79 Å². The highest BCUT2D eigenvalue weighted by Crippen LogP contribution is 2.33. The molecular formula is C21H24BrN3O2. The third-order valence-electron chi connectivity index (χ3n) is 4.55. The van der Waals surface area contributed by atoms with Gasteiger partial charge in [-0.1, -0.05) is 35.8 Å². The van der Waals surface area contributed by atoms with Crippen molar-refractivity contribution in [2.24, 2.45) is 0 Å². The molecule has 5 nitrogen and oxygen atoms in total. The van der Waals surface area contributed by atoms with Crippen molar-refractivity contribution in [3.63, 3.8) is 0 Å². The highest BCUT2D eigenvalue weighted by molar-refractivity contribution is 9.09. The van der Waals surface area contributed by atoms with E-state index in [-0.39, 0.29) is 5.56 Å². The molecule has 0 saturated heterocycles. The number of fused-ring (bicyclic) bond motifs is 1. The summed E-state index contributed by atoms with van der Waals surface area (Å²) in [5.74, 6) is 1.07. The zero-order chi connectivity index (χ0) is 19.4. The monoisotopic (exact) mass is 429 g/mol. The third-order valence-corrected chi connectivity index (χ3v) is 5.11. The highest BCUT2D eigenvalue weighted by Gasteiger charge is 2.13. The molecule has 6 heteroatoms. The number of benzene rings is 1. The minimum atomic E-state index is -0.0774. The Hall–Kier alpha value is -2.21. The van der Waals surface area contributed by atoms with Crippen LogP contribution in [-0.2, 0) is 6.54 Å². The van der Waals surface area contributed by atoms with Gasteiger partial charge in [0.2, 0.25) is 0 Å². The van der Waals surface area contributed by atoms with Gasteiger partial charge < -0.3 is 4.74 Å². The fourth-order valence-corrected chi connectivity index (χ4v) is 3.42. The van der Waals surface area contributed by atoms with E-state index in [0.717, 1.165) is 51.8 Å². The van der Waals surface area contributed by atoms with E-state index in [1.807, 2.05) is 18.2 Å². The average molecular weight is 430 g/mol. The lowest BCUT2D eigenvalue weighted by molar-refractivity contribution is 0.419. The number of alkyl halides is 1. The zero-order valence-corrected chi connectivity index (χ0v) is 17.5. The lowest BCUT2D eigenvalue weighted by atomic mass is 10.0. The van der Waals surface area contributed by atoms with Crippen LogP contribution in [0.15, 0.2) is 41.2 Å². The molecule has 0 radical (unpaired) electrons. The molecule has 27 heavy (non-hydrogen) atoms. The van der Waals surface area contributed by atoms with E-state index in [2.05, 4.69) is 40.9 Å². The molecule has 142 valence electrons. The summed E-state index contributed by atoms with van der Waals surface area (Å²) in [6.07, 6.45) is 1.91. The lowest BCUT2D eigenvalue weighted by Gasteiger charge is -2.13. The van der Waals surface area contributed by atoms with Crippen LogP contribution < -0.4 is 10.3 Å². The molecule has 0 bridgehead atoms. The fraction of sp³-hybridized carbons (Fsp3) is 0.381. The minimum absolute atomic E-state index is 0.0774. The molecule has 2 heterocycles. The van der Waals surface area contributed by atoms with Gasteiger partial charge in [0.05, 0.1) is 12.8 Å². The Balaban J connectivity index is 2.11. The summed E-state index contributed by atoms with van der Waals surface area (Å²) in [5, 5.41) is 6.49. The number of aromatic nitrogens is 3. The molecule has 1 aromatic carbocycles. The molecule has 0 N–H and O–H groups in total. The first kappa shape index (κ1) is 19.5. The minimum Gasteiger partial charge on any atom is -0.494 e. The van der Waals surface area contributed by atoms with Gasteiger partial charge in [0.15, 0.2) is 0 Å². The number of aryl methyl sites for hydroxylation is 1. The first-order valence-corrected chi connectivity index (χ1v) is 10.3. The summed E-state index contributed by atoms with van der Waals surface area (Å²) in [4.78, 5) is 16.9. The normalized spacial score (nSPS) is 11.3. The second-order valence-corrected chi connectivity index (χ2v) is 7.57. The van der Waals surface area contributed by atoms with Crippen molar-refractivity contribution >= 4 is 26.8 Å². The van der Waals surface area contributed by atoms with Crippen molar-refractivity contribution in [3.8, 4) is 17.0 Å². The maximum atomic E-state index is 12.1. The molecule has 3 aromatic rings. The van der Waals surface area contributed by atoms with E-state index >= 15 is 0 Å². The number of pyridine rings is 1. The fourth-order valence-electron chi connectivity index (χ4n) is 3.03. The molecule has 0 unspecified atom stereocenters. The number of hydrogen-bond donors (Lipinski definition) is 0. The Bertz CT molecular complexity index is 998. The maximum Gasteiger partial charge on any atom is 0.266 e. The van der Waals surface area contributed by atoms with Crippen LogP contribution in [0.4, 0.5) is 0 Å². The van der Waals surface area contributed by atoms with Gasteiger partial charge in [0.1, 0.15) is 11.3 Å². The standard InChI is InChI=1S/C21H24BrN3O2/c1-14(2)17-8-6-16-15(7-10-19(27-3)21(16)23-17)18-9-11-20(26)25(24-18)13-5-4-12-22/h6-11,14H,4-5,12-13H2,1-3H3. The number of nitrogens with zero attached hydrogens (tertiary/aromatic N) is 3. The predicted octanol–water partition coefficient (Wildman–Crippen LogP) is 4.77. The van der Waals surface area contributed by atoms with E-state index in [1.54, 1.807) is 23.9 Å². The summed E-state index contributed by atoms with van der Waals surface area (Å²) >= 11 is 3.42. The van der Waals surface area contributed by atoms with Gasteiger partial charge in [-0.2, -0.15) is 5.10 Å². The number of hydrogen-bond acceptors (Lipinski definition) is 4. The summed E-state index contributed by atoms with van der Waals surface area (Å²) < 4.78 is 7.06. The van der Waals surface area contributed by atoms with Gasteiger partial charge in [0.25, 0.3) is 5.56 Å². The summed E-state index contributed by atoms with van der Waals surface area (Å²) in [7, 11) is 1.65. The molecule has 0 fully saturated rings. The van der Waals surface area contributed by atoms with Crippen molar-refractivity contribution in [1.29, 1.82) is 0 Å². The number of halogens is 1. The van der Waals surface area contributed by atoms with Gasteiger partial charge in [-0.25, -0.2) is 9.67 Å². The van der Waals surface area contributed by atoms with E-state index in [0.29, 0.717) is 12.5 Å². The predicted molar refractivity (Wildman–Crippen MR) is 113 cm³/mol. The maximum absolute atomic E-state index is 12.1. The van der Waals surface area contributed by atoms with Crippen molar-refractivity contribution < 1.29 is 4.74 Å². The molecule has 0 aliphatic rings. The van der Waals surface area contributed by atoms with Crippen LogP contribution in [0.2, 0.25) is 0 Å². The molecular weight excluding hydrogens is 406 g/mol. The number of unbranched alkanes of at least 4 members (excludes halogenated alkanes) is 1. The van der Waals surface area contributed by atoms with Crippen molar-refractivity contribution in [2.75, 3.05) is 12.4 Å². The Labute approximate surface area is 167 Å². The number of rotatable bonds is 7. The van der Waals surface area contributed by atoms with E-state index < -0.39 is 0 Å². The van der Waals surface area contributed by atoms with Crippen molar-refractivity contribution in [2.45, 2.75) is 39.2 Å². The Morgan fingerprint density at radius 2 is 1.93 bits per heavy atom. The zero-order valence-electron chi connectivity index (χ0n) is 15.9. The van der Waals surface area contributed by atoms with Crippen LogP contribution >= 0.6 is 15.9 Å². The van der Waals surface area contributed by atoms with Crippen LogP contribution in [0.25, 0.3) is 22.2 Å². The average Bonchev–Trinajstić information content (AvgIpc) is 2.68. The summed E-state index contributed by atoms with van der Waals surface area (Å²) in [5.41, 5.74) is 3.47. The van der Waals surface area contributed by atoms with Gasteiger partial charge in [-0.05, 0) is 43.0 Å². The smallest absolute Gasteiger partial charge is 0.266 e. The molecule has 0 spiro atoms. The lowest BCUT2D eigenvalue weighted by Crippen LogP contribution is -2.22. The van der Waals surface area contributed by atoms with E-state index in [1.165, 1.54) is 0 Å². The van der Waals surface area contributed by atoms with Gasteiger partial charge in [0, 0.05) is 34.6 Å². The number of methoxy groups -OCH3 is 1. The van der Waals surface area contributed by atoms with Gasteiger partial charge >= 0.3 is 0 Å². The second-order valence-electron chi connectivity index (χ2n) is 6.78. The molecule has 3 rings (SSSR count). The Morgan fingerprint density at radius 3 is 2.63 bits per heavy atom. The second kappa shape index (κ2) is 8.65. The summed E-state index contributed by atoms with van der Waals surface area (Å²) in [6.45, 7) is 4.85. The molecule has 2 aromatic heterocycles. The molecule has 0 aliphatic carbocycles. The van der Waals surface area contributed by atoms with Crippen LogP contribution in [-0.4, -0.2) is 27.2 Å². The SMILES string of the molecule is COc1ccc(-c2ccc(=O)n(CCCCBr)n2)c2ccc(C(C)C)nc12. The van der Waals surface area contributed by atoms with Crippen molar-refractivity contribution in [3.05, 3.63) is 52.4 Å². The van der Waals surface area contributed by atoms with Gasteiger partial charge in [-0.3, -0.25) is 4.79 Å². The molecule has 0 atom stereocenters. The topological polar surface area (TPSA) is 57.0 Å². The molecule has 0 aliphatic heterocycles. The Morgan fingerprint density at radius 1 is 1.11 bits per heavy atom. The molecule has 0 amide bonds. The van der Waals surface area contributed by atoms with Crippen LogP contribution in [0.5, 0.6) is 5.75 Å². The van der Waals surface area contributed by atoms with Crippen molar-refractivity contribution in [1.82, 2.24) is 14.8 Å². The highest BCUT2D eigenvalue weighted by atomic mass is 79.9.